The molecule has 4 aliphatic rings. The minimum atomic E-state index is -0.130. The van der Waals surface area contributed by atoms with Crippen LogP contribution in [-0.2, 0) is 10.9 Å². The number of benzene rings is 1. The van der Waals surface area contributed by atoms with Gasteiger partial charge in [0.15, 0.2) is 0 Å². The van der Waals surface area contributed by atoms with E-state index in [9.17, 15) is 0 Å². The summed E-state index contributed by atoms with van der Waals surface area (Å²) in [6.45, 7) is 4.41. The highest BCUT2D eigenvalue weighted by molar-refractivity contribution is 7.15. The minimum Gasteiger partial charge on any atom is -0.465 e. The Morgan fingerprint density at radius 2 is 1.54 bits per heavy atom. The van der Waals surface area contributed by atoms with E-state index in [-0.39, 0.29) is 6.29 Å². The first kappa shape index (κ1) is 16.9. The van der Waals surface area contributed by atoms with Gasteiger partial charge in [-0.15, -0.1) is 9.24 Å². The molecule has 4 aliphatic carbocycles. The lowest BCUT2D eigenvalue weighted by atomic mass is 9.55. The second kappa shape index (κ2) is 6.96. The van der Waals surface area contributed by atoms with E-state index in [0.29, 0.717) is 12.0 Å². The molecule has 0 spiro atoms. The summed E-state index contributed by atoms with van der Waals surface area (Å²) in [6, 6.07) is 8.44. The monoisotopic (exact) mass is 346 g/mol. The fourth-order valence-corrected chi connectivity index (χ4v) is 5.68. The maximum absolute atomic E-state index is 6.62. The Morgan fingerprint density at radius 1 is 0.958 bits per heavy atom. The Bertz CT molecular complexity index is 525. The van der Waals surface area contributed by atoms with Gasteiger partial charge in [0.1, 0.15) is 5.75 Å². The highest BCUT2D eigenvalue weighted by Crippen LogP contribution is 2.55. The molecule has 4 bridgehead atoms. The van der Waals surface area contributed by atoms with Gasteiger partial charge in [-0.1, -0.05) is 26.0 Å². The smallest absolute Gasteiger partial charge is 0.202 e. The summed E-state index contributed by atoms with van der Waals surface area (Å²) in [5.74, 6) is 4.84. The Morgan fingerprint density at radius 3 is 2.04 bits per heavy atom. The maximum atomic E-state index is 6.62. The summed E-state index contributed by atoms with van der Waals surface area (Å²) in [5.41, 5.74) is 1.32. The fourth-order valence-electron chi connectivity index (χ4n) is 5.41. The first-order chi connectivity index (χ1) is 11.6. The Balaban J connectivity index is 1.43. The molecule has 2 atom stereocenters. The molecular weight excluding hydrogens is 315 g/mol. The normalized spacial score (nSPS) is 35.4. The van der Waals surface area contributed by atoms with Crippen molar-refractivity contribution in [1.29, 1.82) is 0 Å². The highest BCUT2D eigenvalue weighted by atomic mass is 31.0. The summed E-state index contributed by atoms with van der Waals surface area (Å²) < 4.78 is 12.9. The van der Waals surface area contributed by atoms with Crippen molar-refractivity contribution in [3.05, 3.63) is 29.8 Å². The average Bonchev–Trinajstić information content (AvgIpc) is 2.57. The van der Waals surface area contributed by atoms with Crippen LogP contribution in [-0.4, -0.2) is 12.4 Å². The zero-order chi connectivity index (χ0) is 16.7. The van der Waals surface area contributed by atoms with E-state index >= 15 is 0 Å². The molecule has 5 rings (SSSR count). The quantitative estimate of drug-likeness (QED) is 0.516. The average molecular weight is 346 g/mol. The van der Waals surface area contributed by atoms with Gasteiger partial charge in [-0.05, 0) is 79.6 Å². The second-order valence-electron chi connectivity index (χ2n) is 8.61. The summed E-state index contributed by atoms with van der Waals surface area (Å²) in [7, 11) is 2.76. The van der Waals surface area contributed by atoms with Gasteiger partial charge >= 0.3 is 0 Å². The number of hydrogen-bond acceptors (Lipinski definition) is 2. The lowest BCUT2D eigenvalue weighted by Gasteiger charge is -2.54. The van der Waals surface area contributed by atoms with E-state index in [0.717, 1.165) is 35.6 Å². The molecule has 132 valence electrons. The summed E-state index contributed by atoms with van der Waals surface area (Å²) in [4.78, 5) is 0. The van der Waals surface area contributed by atoms with Crippen LogP contribution in [0.1, 0.15) is 51.5 Å². The third-order valence-electron chi connectivity index (χ3n) is 6.39. The lowest BCUT2D eigenvalue weighted by Crippen LogP contribution is -2.51. The van der Waals surface area contributed by atoms with Gasteiger partial charge in [0.2, 0.25) is 6.29 Å². The van der Waals surface area contributed by atoms with Crippen molar-refractivity contribution in [3.8, 4) is 5.75 Å². The highest BCUT2D eigenvalue weighted by Gasteiger charge is 2.49. The maximum Gasteiger partial charge on any atom is 0.202 e. The van der Waals surface area contributed by atoms with Crippen LogP contribution in [0.4, 0.5) is 0 Å². The van der Waals surface area contributed by atoms with Crippen molar-refractivity contribution in [1.82, 2.24) is 0 Å². The van der Waals surface area contributed by atoms with Gasteiger partial charge in [0, 0.05) is 5.92 Å². The van der Waals surface area contributed by atoms with Crippen LogP contribution in [0.5, 0.6) is 5.75 Å². The Hall–Kier alpha value is -0.590. The Kier molecular flexibility index (Phi) is 4.89. The first-order valence-electron chi connectivity index (χ1n) is 9.73. The van der Waals surface area contributed by atoms with Gasteiger partial charge in [-0.3, -0.25) is 0 Å². The third-order valence-corrected chi connectivity index (χ3v) is 6.86. The molecular formula is C21H31O2P. The molecule has 0 aromatic heterocycles. The van der Waals surface area contributed by atoms with Crippen molar-refractivity contribution in [3.63, 3.8) is 0 Å². The van der Waals surface area contributed by atoms with E-state index in [4.69, 9.17) is 9.47 Å². The van der Waals surface area contributed by atoms with Crippen molar-refractivity contribution < 1.29 is 9.47 Å². The largest absolute Gasteiger partial charge is 0.465 e. The molecule has 0 radical (unpaired) electrons. The molecule has 2 nitrogen and oxygen atoms in total. The van der Waals surface area contributed by atoms with Crippen LogP contribution in [0.25, 0.3) is 0 Å². The van der Waals surface area contributed by atoms with Crippen LogP contribution in [0, 0.1) is 29.6 Å². The number of ether oxygens (including phenoxy) is 2. The summed E-state index contributed by atoms with van der Waals surface area (Å²) in [6.07, 6.45) is 8.35. The lowest BCUT2D eigenvalue weighted by molar-refractivity contribution is -0.210. The van der Waals surface area contributed by atoms with Gasteiger partial charge in [0.25, 0.3) is 0 Å². The van der Waals surface area contributed by atoms with Crippen LogP contribution >= 0.6 is 9.24 Å². The van der Waals surface area contributed by atoms with Gasteiger partial charge in [0.05, 0.1) is 6.10 Å². The number of rotatable bonds is 6. The molecule has 1 aromatic rings. The van der Waals surface area contributed by atoms with E-state index in [1.165, 1.54) is 37.7 Å². The Labute approximate surface area is 148 Å². The van der Waals surface area contributed by atoms with Gasteiger partial charge in [-0.25, -0.2) is 0 Å². The molecule has 4 fully saturated rings. The van der Waals surface area contributed by atoms with E-state index in [1.54, 1.807) is 0 Å². The van der Waals surface area contributed by atoms with E-state index < -0.39 is 0 Å². The molecule has 0 saturated heterocycles. The van der Waals surface area contributed by atoms with Crippen LogP contribution in [0.15, 0.2) is 24.3 Å². The van der Waals surface area contributed by atoms with Gasteiger partial charge < -0.3 is 9.47 Å². The minimum absolute atomic E-state index is 0.130. The molecule has 2 unspecified atom stereocenters. The topological polar surface area (TPSA) is 18.5 Å². The van der Waals surface area contributed by atoms with Crippen LogP contribution in [0.2, 0.25) is 0 Å². The molecule has 1 aromatic carbocycles. The first-order valence-corrected chi connectivity index (χ1v) is 10.5. The SMILES string of the molecule is CC(C)C(Oc1ccc(CP)cc1)OC1C2CC3CC(C2)CC1C3. The molecule has 0 heterocycles. The zero-order valence-corrected chi connectivity index (χ0v) is 16.1. The van der Waals surface area contributed by atoms with E-state index in [1.807, 2.05) is 0 Å². The standard InChI is InChI=1S/C21H31O2P/c1-13(2)21(22-19-5-3-14(12-24)4-6-19)23-20-17-8-15-7-16(10-17)11-18(20)9-15/h3-6,13,15-18,20-21H,7-12,24H2,1-2H3. The van der Waals surface area contributed by atoms with Crippen molar-refractivity contribution >= 4 is 9.24 Å². The predicted molar refractivity (Wildman–Crippen MR) is 101 cm³/mol. The van der Waals surface area contributed by atoms with E-state index in [2.05, 4.69) is 47.4 Å². The molecule has 0 amide bonds. The van der Waals surface area contributed by atoms with Gasteiger partial charge in [-0.2, -0.15) is 0 Å². The molecule has 3 heteroatoms. The molecule has 0 N–H and O–H groups in total. The number of hydrogen-bond donors (Lipinski definition) is 0. The molecule has 24 heavy (non-hydrogen) atoms. The van der Waals surface area contributed by atoms with Crippen molar-refractivity contribution in [2.45, 2.75) is 64.5 Å². The molecule has 0 aliphatic heterocycles. The fraction of sp³-hybridized carbons (Fsp3) is 0.714. The summed E-state index contributed by atoms with van der Waals surface area (Å²) in [5, 5.41) is 0. The van der Waals surface area contributed by atoms with Crippen molar-refractivity contribution in [2.24, 2.45) is 29.6 Å². The molecule has 4 saturated carbocycles. The third kappa shape index (κ3) is 3.37. The second-order valence-corrected chi connectivity index (χ2v) is 9.02. The zero-order valence-electron chi connectivity index (χ0n) is 15.0. The van der Waals surface area contributed by atoms with Crippen LogP contribution in [0.3, 0.4) is 0 Å². The summed E-state index contributed by atoms with van der Waals surface area (Å²) >= 11 is 0. The predicted octanol–water partition coefficient (Wildman–Crippen LogP) is 5.26. The van der Waals surface area contributed by atoms with Crippen molar-refractivity contribution in [2.75, 3.05) is 0 Å². The van der Waals surface area contributed by atoms with Crippen LogP contribution < -0.4 is 4.74 Å².